The molecule has 0 fully saturated rings. The number of rotatable bonds is 5. The maximum absolute atomic E-state index is 10.3. The largest absolute Gasteiger partial charge is 0.481 e. The van der Waals surface area contributed by atoms with E-state index in [-0.39, 0.29) is 6.42 Å². The number of carboxylic acids is 1. The van der Waals surface area contributed by atoms with Gasteiger partial charge in [0.05, 0.1) is 0 Å². The van der Waals surface area contributed by atoms with Crippen LogP contribution in [0.2, 0.25) is 0 Å². The molecular weight excluding hydrogens is 176 g/mol. The van der Waals surface area contributed by atoms with Gasteiger partial charge in [-0.15, -0.1) is 0 Å². The van der Waals surface area contributed by atoms with Gasteiger partial charge in [0, 0.05) is 6.42 Å². The molecule has 0 saturated heterocycles. The van der Waals surface area contributed by atoms with Crippen molar-refractivity contribution in [3.8, 4) is 0 Å². The lowest BCUT2D eigenvalue weighted by molar-refractivity contribution is -0.137. The maximum atomic E-state index is 10.3. The van der Waals surface area contributed by atoms with E-state index in [2.05, 4.69) is 19.1 Å². The van der Waals surface area contributed by atoms with Crippen LogP contribution in [0.15, 0.2) is 18.2 Å². The van der Waals surface area contributed by atoms with Gasteiger partial charge in [-0.1, -0.05) is 25.1 Å². The van der Waals surface area contributed by atoms with E-state index >= 15 is 0 Å². The third-order valence-electron chi connectivity index (χ3n) is 2.17. The standard InChI is InChI=1S/C12H15O2/c1-2-10-5-3-6-11(9-10)7-4-8-12(13)14/h5-6,9H,2,4,7-8H2,1H3,(H,13,14). The average molecular weight is 191 g/mol. The second kappa shape index (κ2) is 5.43. The van der Waals surface area contributed by atoms with E-state index in [4.69, 9.17) is 5.11 Å². The van der Waals surface area contributed by atoms with Gasteiger partial charge in [0.25, 0.3) is 0 Å². The second-order valence-corrected chi connectivity index (χ2v) is 3.35. The van der Waals surface area contributed by atoms with Crippen LogP contribution >= 0.6 is 0 Å². The molecule has 0 aliphatic carbocycles. The topological polar surface area (TPSA) is 37.3 Å². The van der Waals surface area contributed by atoms with E-state index in [1.165, 1.54) is 11.1 Å². The van der Waals surface area contributed by atoms with Gasteiger partial charge in [-0.2, -0.15) is 0 Å². The van der Waals surface area contributed by atoms with E-state index in [0.29, 0.717) is 6.42 Å². The molecule has 2 heteroatoms. The lowest BCUT2D eigenvalue weighted by Gasteiger charge is -2.01. The first-order valence-electron chi connectivity index (χ1n) is 4.93. The third-order valence-corrected chi connectivity index (χ3v) is 2.17. The van der Waals surface area contributed by atoms with Crippen LogP contribution in [0.25, 0.3) is 0 Å². The summed E-state index contributed by atoms with van der Waals surface area (Å²) in [6, 6.07) is 9.10. The summed E-state index contributed by atoms with van der Waals surface area (Å²) in [6.07, 6.45) is 2.78. The van der Waals surface area contributed by atoms with Gasteiger partial charge in [0.15, 0.2) is 0 Å². The Morgan fingerprint density at radius 2 is 2.14 bits per heavy atom. The summed E-state index contributed by atoms with van der Waals surface area (Å²) >= 11 is 0. The Morgan fingerprint density at radius 1 is 1.43 bits per heavy atom. The predicted molar refractivity (Wildman–Crippen MR) is 55.2 cm³/mol. The monoisotopic (exact) mass is 191 g/mol. The lowest BCUT2D eigenvalue weighted by Crippen LogP contribution is -1.96. The van der Waals surface area contributed by atoms with Crippen molar-refractivity contribution in [3.63, 3.8) is 0 Å². The third kappa shape index (κ3) is 3.60. The molecule has 0 bridgehead atoms. The highest BCUT2D eigenvalue weighted by atomic mass is 16.4. The molecule has 0 amide bonds. The molecule has 1 rings (SSSR count). The van der Waals surface area contributed by atoms with E-state index in [1.807, 2.05) is 12.1 Å². The van der Waals surface area contributed by atoms with Crippen molar-refractivity contribution in [2.75, 3.05) is 0 Å². The number of benzene rings is 1. The molecule has 1 aromatic rings. The van der Waals surface area contributed by atoms with Crippen molar-refractivity contribution >= 4 is 5.97 Å². The zero-order chi connectivity index (χ0) is 10.4. The van der Waals surface area contributed by atoms with E-state index in [1.54, 1.807) is 0 Å². The van der Waals surface area contributed by atoms with Crippen molar-refractivity contribution in [3.05, 3.63) is 35.4 Å². The second-order valence-electron chi connectivity index (χ2n) is 3.35. The van der Waals surface area contributed by atoms with Gasteiger partial charge < -0.3 is 5.11 Å². The quantitative estimate of drug-likeness (QED) is 0.776. The Labute approximate surface area is 84.6 Å². The number of aryl methyl sites for hydroxylation is 2. The van der Waals surface area contributed by atoms with Crippen LogP contribution in [-0.4, -0.2) is 11.1 Å². The van der Waals surface area contributed by atoms with Crippen LogP contribution in [-0.2, 0) is 17.6 Å². The minimum atomic E-state index is -0.722. The van der Waals surface area contributed by atoms with Gasteiger partial charge in [-0.3, -0.25) is 4.79 Å². The normalized spacial score (nSPS) is 10.1. The van der Waals surface area contributed by atoms with E-state index in [0.717, 1.165) is 12.8 Å². The first kappa shape index (κ1) is 10.8. The molecule has 2 nitrogen and oxygen atoms in total. The number of carbonyl (C=O) groups is 1. The average Bonchev–Trinajstić information content (AvgIpc) is 2.18. The number of aliphatic carboxylic acids is 1. The van der Waals surface area contributed by atoms with Crippen molar-refractivity contribution in [1.29, 1.82) is 0 Å². The van der Waals surface area contributed by atoms with Crippen LogP contribution in [0.1, 0.15) is 30.9 Å². The SMILES string of the molecule is CCc1c[c]cc(CCCC(=O)O)c1. The molecule has 0 atom stereocenters. The molecular formula is C12H15O2. The summed E-state index contributed by atoms with van der Waals surface area (Å²) in [4.78, 5) is 10.3. The van der Waals surface area contributed by atoms with E-state index < -0.39 is 5.97 Å². The Balaban J connectivity index is 2.46. The molecule has 0 aliphatic rings. The van der Waals surface area contributed by atoms with Crippen LogP contribution < -0.4 is 0 Å². The van der Waals surface area contributed by atoms with Crippen LogP contribution in [0.4, 0.5) is 0 Å². The molecule has 0 aliphatic heterocycles. The molecule has 0 aromatic heterocycles. The Kier molecular flexibility index (Phi) is 4.17. The summed E-state index contributed by atoms with van der Waals surface area (Å²) in [7, 11) is 0. The Hall–Kier alpha value is -1.31. The summed E-state index contributed by atoms with van der Waals surface area (Å²) in [6.45, 7) is 2.10. The van der Waals surface area contributed by atoms with Crippen LogP contribution in [0.3, 0.4) is 0 Å². The minimum Gasteiger partial charge on any atom is -0.481 e. The number of carboxylic acid groups (broad SMARTS) is 1. The van der Waals surface area contributed by atoms with Gasteiger partial charge in [0.2, 0.25) is 0 Å². The molecule has 75 valence electrons. The first-order valence-corrected chi connectivity index (χ1v) is 4.93. The molecule has 0 heterocycles. The fourth-order valence-electron chi connectivity index (χ4n) is 1.37. The van der Waals surface area contributed by atoms with Crippen molar-refractivity contribution in [2.45, 2.75) is 32.6 Å². The zero-order valence-electron chi connectivity index (χ0n) is 8.42. The fraction of sp³-hybridized carbons (Fsp3) is 0.417. The van der Waals surface area contributed by atoms with Crippen LogP contribution in [0.5, 0.6) is 0 Å². The summed E-state index contributed by atoms with van der Waals surface area (Å²) in [5, 5.41) is 8.48. The Morgan fingerprint density at radius 3 is 2.79 bits per heavy atom. The molecule has 0 saturated carbocycles. The summed E-state index contributed by atoms with van der Waals surface area (Å²) in [5.41, 5.74) is 2.45. The van der Waals surface area contributed by atoms with Crippen LogP contribution in [0, 0.1) is 6.07 Å². The Bertz CT molecular complexity index is 305. The highest BCUT2D eigenvalue weighted by Crippen LogP contribution is 2.08. The molecule has 1 radical (unpaired) electrons. The highest BCUT2D eigenvalue weighted by Gasteiger charge is 1.98. The summed E-state index contributed by atoms with van der Waals surface area (Å²) in [5.74, 6) is -0.722. The van der Waals surface area contributed by atoms with Gasteiger partial charge in [0.1, 0.15) is 0 Å². The lowest BCUT2D eigenvalue weighted by atomic mass is 10.0. The van der Waals surface area contributed by atoms with E-state index in [9.17, 15) is 4.79 Å². The van der Waals surface area contributed by atoms with Crippen molar-refractivity contribution < 1.29 is 9.90 Å². The number of hydrogen-bond acceptors (Lipinski definition) is 1. The predicted octanol–water partition coefficient (Wildman–Crippen LogP) is 2.46. The number of hydrogen-bond donors (Lipinski definition) is 1. The van der Waals surface area contributed by atoms with Gasteiger partial charge >= 0.3 is 5.97 Å². The smallest absolute Gasteiger partial charge is 0.303 e. The fourth-order valence-corrected chi connectivity index (χ4v) is 1.37. The first-order chi connectivity index (χ1) is 6.72. The molecule has 1 aromatic carbocycles. The van der Waals surface area contributed by atoms with Gasteiger partial charge in [-0.05, 0) is 36.5 Å². The molecule has 0 unspecified atom stereocenters. The maximum Gasteiger partial charge on any atom is 0.303 e. The molecule has 1 N–H and O–H groups in total. The molecule has 0 spiro atoms. The minimum absolute atomic E-state index is 0.246. The zero-order valence-corrected chi connectivity index (χ0v) is 8.42. The summed E-state index contributed by atoms with van der Waals surface area (Å²) < 4.78 is 0. The molecule has 14 heavy (non-hydrogen) atoms. The van der Waals surface area contributed by atoms with Crippen molar-refractivity contribution in [1.82, 2.24) is 0 Å². The van der Waals surface area contributed by atoms with Crippen molar-refractivity contribution in [2.24, 2.45) is 0 Å². The highest BCUT2D eigenvalue weighted by molar-refractivity contribution is 5.66. The van der Waals surface area contributed by atoms with Gasteiger partial charge in [-0.25, -0.2) is 0 Å².